The fraction of sp³-hybridized carbons (Fsp3) is 0.409. The highest BCUT2D eigenvalue weighted by Gasteiger charge is 2.16. The number of nitrogens with one attached hydrogen (secondary N) is 1. The molecule has 2 aromatic carbocycles. The van der Waals surface area contributed by atoms with Crippen molar-refractivity contribution in [1.29, 1.82) is 0 Å². The molecule has 0 bridgehead atoms. The molecule has 0 heterocycles. The van der Waals surface area contributed by atoms with Gasteiger partial charge in [0.1, 0.15) is 0 Å². The number of amides is 1. The summed E-state index contributed by atoms with van der Waals surface area (Å²) in [5, 5.41) is 2.84. The number of aryl methyl sites for hydroxylation is 2. The molecule has 0 aromatic heterocycles. The first-order valence-electron chi connectivity index (χ1n) is 9.66. The van der Waals surface area contributed by atoms with E-state index < -0.39 is 9.84 Å². The first kappa shape index (κ1) is 22.0. The van der Waals surface area contributed by atoms with E-state index in [9.17, 15) is 13.2 Å². The third kappa shape index (κ3) is 6.09. The zero-order valence-corrected chi connectivity index (χ0v) is 18.0. The van der Waals surface area contributed by atoms with Crippen molar-refractivity contribution in [1.82, 2.24) is 0 Å². The molecule has 1 amide bonds. The normalized spacial score (nSPS) is 11.3. The largest absolute Gasteiger partial charge is 0.372 e. The van der Waals surface area contributed by atoms with E-state index in [2.05, 4.69) is 24.1 Å². The van der Waals surface area contributed by atoms with Gasteiger partial charge in [0.25, 0.3) is 0 Å². The average molecular weight is 403 g/mol. The maximum absolute atomic E-state index is 12.4. The van der Waals surface area contributed by atoms with Gasteiger partial charge < -0.3 is 10.2 Å². The second kappa shape index (κ2) is 9.73. The van der Waals surface area contributed by atoms with Crippen molar-refractivity contribution >= 4 is 27.1 Å². The number of nitrogens with zero attached hydrogens (tertiary/aromatic N) is 1. The van der Waals surface area contributed by atoms with Crippen LogP contribution in [0.5, 0.6) is 0 Å². The van der Waals surface area contributed by atoms with Crippen molar-refractivity contribution in [2.45, 2.75) is 39.9 Å². The second-order valence-corrected chi connectivity index (χ2v) is 9.17. The molecule has 2 aromatic rings. The van der Waals surface area contributed by atoms with Gasteiger partial charge >= 0.3 is 0 Å². The highest BCUT2D eigenvalue weighted by Crippen LogP contribution is 2.23. The molecule has 0 radical (unpaired) electrons. The number of benzene rings is 2. The molecule has 152 valence electrons. The summed E-state index contributed by atoms with van der Waals surface area (Å²) in [6, 6.07) is 13.3. The Morgan fingerprint density at radius 2 is 1.68 bits per heavy atom. The highest BCUT2D eigenvalue weighted by atomic mass is 32.2. The topological polar surface area (TPSA) is 66.5 Å². The van der Waals surface area contributed by atoms with E-state index in [4.69, 9.17) is 0 Å². The molecule has 0 aliphatic heterocycles. The van der Waals surface area contributed by atoms with Crippen LogP contribution in [0.4, 0.5) is 11.4 Å². The zero-order valence-electron chi connectivity index (χ0n) is 17.2. The van der Waals surface area contributed by atoms with Gasteiger partial charge in [-0.2, -0.15) is 0 Å². The van der Waals surface area contributed by atoms with Gasteiger partial charge in [-0.05, 0) is 62.6 Å². The van der Waals surface area contributed by atoms with Gasteiger partial charge in [0.15, 0.2) is 9.84 Å². The van der Waals surface area contributed by atoms with Gasteiger partial charge in [0.05, 0.1) is 11.5 Å². The summed E-state index contributed by atoms with van der Waals surface area (Å²) in [5.41, 5.74) is 4.52. The maximum atomic E-state index is 12.4. The molecule has 0 atom stereocenters. The predicted octanol–water partition coefficient (Wildman–Crippen LogP) is 4.09. The van der Waals surface area contributed by atoms with Crippen LogP contribution in [0.1, 0.15) is 37.0 Å². The number of carbonyl (C=O) groups is 1. The van der Waals surface area contributed by atoms with Crippen molar-refractivity contribution in [3.8, 4) is 0 Å². The predicted molar refractivity (Wildman–Crippen MR) is 117 cm³/mol. The van der Waals surface area contributed by atoms with Crippen LogP contribution in [-0.2, 0) is 20.4 Å². The molecule has 2 rings (SSSR count). The standard InChI is InChI=1S/C22H30N2O3S/c1-5-24(6-2)20-11-12-21(18(4)15-20)23-22(25)13-14-28(26,27)16-19-10-8-7-9-17(19)3/h7-12,15H,5-6,13-14,16H2,1-4H3,(H,23,25). The van der Waals surface area contributed by atoms with Crippen LogP contribution >= 0.6 is 0 Å². The molecule has 0 spiro atoms. The van der Waals surface area contributed by atoms with Crippen LogP contribution in [0.25, 0.3) is 0 Å². The Kier molecular flexibility index (Phi) is 7.63. The van der Waals surface area contributed by atoms with Gasteiger partial charge in [-0.25, -0.2) is 8.42 Å². The molecule has 1 N–H and O–H groups in total. The first-order valence-corrected chi connectivity index (χ1v) is 11.5. The third-order valence-corrected chi connectivity index (χ3v) is 6.47. The summed E-state index contributed by atoms with van der Waals surface area (Å²) in [6.45, 7) is 9.87. The molecule has 0 aliphatic carbocycles. The Bertz CT molecular complexity index is 919. The molecule has 6 heteroatoms. The Morgan fingerprint density at radius 3 is 2.29 bits per heavy atom. The number of carbonyl (C=O) groups excluding carboxylic acids is 1. The van der Waals surface area contributed by atoms with Gasteiger partial charge in [-0.15, -0.1) is 0 Å². The van der Waals surface area contributed by atoms with Crippen molar-refractivity contribution in [2.24, 2.45) is 0 Å². The lowest BCUT2D eigenvalue weighted by molar-refractivity contribution is -0.115. The Balaban J connectivity index is 1.96. The lowest BCUT2D eigenvalue weighted by atomic mass is 10.1. The van der Waals surface area contributed by atoms with E-state index in [0.29, 0.717) is 0 Å². The van der Waals surface area contributed by atoms with E-state index >= 15 is 0 Å². The quantitative estimate of drug-likeness (QED) is 0.686. The summed E-state index contributed by atoms with van der Waals surface area (Å²) >= 11 is 0. The van der Waals surface area contributed by atoms with E-state index in [1.807, 2.05) is 56.3 Å². The number of anilines is 2. The van der Waals surface area contributed by atoms with Crippen LogP contribution in [0, 0.1) is 13.8 Å². The van der Waals surface area contributed by atoms with Gasteiger partial charge in [-0.1, -0.05) is 24.3 Å². The summed E-state index contributed by atoms with van der Waals surface area (Å²) in [6.07, 6.45) is -0.0501. The summed E-state index contributed by atoms with van der Waals surface area (Å²) in [7, 11) is -3.35. The summed E-state index contributed by atoms with van der Waals surface area (Å²) < 4.78 is 24.8. The number of sulfone groups is 1. The van der Waals surface area contributed by atoms with Crippen LogP contribution in [-0.4, -0.2) is 33.2 Å². The second-order valence-electron chi connectivity index (χ2n) is 6.99. The minimum Gasteiger partial charge on any atom is -0.372 e. The minimum atomic E-state index is -3.35. The smallest absolute Gasteiger partial charge is 0.225 e. The van der Waals surface area contributed by atoms with Crippen LogP contribution in [0.3, 0.4) is 0 Å². The molecule has 0 fully saturated rings. The van der Waals surface area contributed by atoms with E-state index in [1.54, 1.807) is 0 Å². The fourth-order valence-electron chi connectivity index (χ4n) is 3.12. The first-order chi connectivity index (χ1) is 13.3. The van der Waals surface area contributed by atoms with Gasteiger partial charge in [0.2, 0.25) is 5.91 Å². The van der Waals surface area contributed by atoms with Crippen LogP contribution in [0.2, 0.25) is 0 Å². The van der Waals surface area contributed by atoms with Crippen LogP contribution in [0.15, 0.2) is 42.5 Å². The summed E-state index contributed by atoms with van der Waals surface area (Å²) in [5.74, 6) is -0.485. The van der Waals surface area contributed by atoms with Crippen molar-refractivity contribution in [2.75, 3.05) is 29.1 Å². The zero-order chi connectivity index (χ0) is 20.7. The van der Waals surface area contributed by atoms with E-state index in [1.165, 1.54) is 0 Å². The molecule has 5 nitrogen and oxygen atoms in total. The van der Waals surface area contributed by atoms with Crippen molar-refractivity contribution < 1.29 is 13.2 Å². The molecular formula is C22H30N2O3S. The highest BCUT2D eigenvalue weighted by molar-refractivity contribution is 7.90. The lowest BCUT2D eigenvalue weighted by Gasteiger charge is -2.22. The van der Waals surface area contributed by atoms with Gasteiger partial charge in [-0.3, -0.25) is 4.79 Å². The van der Waals surface area contributed by atoms with Crippen molar-refractivity contribution in [3.63, 3.8) is 0 Å². The lowest BCUT2D eigenvalue weighted by Crippen LogP contribution is -2.22. The monoisotopic (exact) mass is 402 g/mol. The minimum absolute atomic E-state index is 0.0372. The fourth-order valence-corrected chi connectivity index (χ4v) is 4.55. The Hall–Kier alpha value is -2.34. The molecule has 0 aliphatic rings. The maximum Gasteiger partial charge on any atom is 0.225 e. The molecule has 0 saturated carbocycles. The third-order valence-electron chi connectivity index (χ3n) is 4.89. The number of hydrogen-bond acceptors (Lipinski definition) is 4. The van der Waals surface area contributed by atoms with Crippen LogP contribution < -0.4 is 10.2 Å². The summed E-state index contributed by atoms with van der Waals surface area (Å²) in [4.78, 5) is 14.5. The number of rotatable bonds is 9. The Labute approximate surface area is 168 Å². The molecule has 0 unspecified atom stereocenters. The number of hydrogen-bond donors (Lipinski definition) is 1. The van der Waals surface area contributed by atoms with E-state index in [-0.39, 0.29) is 23.8 Å². The molecule has 0 saturated heterocycles. The average Bonchev–Trinajstić information content (AvgIpc) is 2.65. The molecular weight excluding hydrogens is 372 g/mol. The Morgan fingerprint density at radius 1 is 1.00 bits per heavy atom. The SMILES string of the molecule is CCN(CC)c1ccc(NC(=O)CCS(=O)(=O)Cc2ccccc2C)c(C)c1. The van der Waals surface area contributed by atoms with Gasteiger partial charge in [0, 0.05) is 30.9 Å². The molecule has 28 heavy (non-hydrogen) atoms. The van der Waals surface area contributed by atoms with Crippen molar-refractivity contribution in [3.05, 3.63) is 59.2 Å². The van der Waals surface area contributed by atoms with E-state index in [0.717, 1.165) is 41.2 Å².